The third kappa shape index (κ3) is 2.52. The molecule has 1 heterocycles. The molecule has 3 nitrogen and oxygen atoms in total. The van der Waals surface area contributed by atoms with Crippen molar-refractivity contribution in [2.45, 2.75) is 23.8 Å². The monoisotopic (exact) mass is 231 g/mol. The summed E-state index contributed by atoms with van der Waals surface area (Å²) in [5.74, 6) is 0.795. The van der Waals surface area contributed by atoms with Gasteiger partial charge >= 0.3 is 0 Å². The molecule has 1 aromatic carbocycles. The van der Waals surface area contributed by atoms with Crippen LogP contribution in [-0.4, -0.2) is 9.97 Å². The number of benzene rings is 1. The first kappa shape index (κ1) is 11.0. The molecule has 0 spiro atoms. The van der Waals surface area contributed by atoms with E-state index in [0.717, 1.165) is 27.0 Å². The summed E-state index contributed by atoms with van der Waals surface area (Å²) >= 11 is 1.63. The first-order valence-electron chi connectivity index (χ1n) is 4.99. The predicted molar refractivity (Wildman–Crippen MR) is 66.5 cm³/mol. The Bertz CT molecular complexity index is 494. The van der Waals surface area contributed by atoms with Crippen LogP contribution < -0.4 is 5.73 Å². The molecular formula is C12H13N3S. The Balaban J connectivity index is 2.26. The van der Waals surface area contributed by atoms with Gasteiger partial charge in [0.15, 0.2) is 0 Å². The molecule has 0 unspecified atom stereocenters. The minimum absolute atomic E-state index is 0.778. The van der Waals surface area contributed by atoms with Crippen LogP contribution in [-0.2, 0) is 0 Å². The third-order valence-corrected chi connectivity index (χ3v) is 3.25. The molecule has 2 aromatic rings. The van der Waals surface area contributed by atoms with Gasteiger partial charge < -0.3 is 5.73 Å². The number of nitrogens with two attached hydrogens (primary N) is 1. The van der Waals surface area contributed by atoms with E-state index in [1.807, 2.05) is 44.3 Å². The van der Waals surface area contributed by atoms with Crippen molar-refractivity contribution in [1.82, 2.24) is 9.97 Å². The summed E-state index contributed by atoms with van der Waals surface area (Å²) in [6, 6.07) is 7.78. The number of aryl methyl sites for hydroxylation is 2. The predicted octanol–water partition coefficient (Wildman–Crippen LogP) is 2.83. The highest BCUT2D eigenvalue weighted by Crippen LogP contribution is 2.28. The van der Waals surface area contributed by atoms with E-state index in [1.165, 1.54) is 0 Å². The second kappa shape index (κ2) is 4.53. The third-order valence-electron chi connectivity index (χ3n) is 2.14. The van der Waals surface area contributed by atoms with Crippen molar-refractivity contribution in [2.24, 2.45) is 0 Å². The first-order chi connectivity index (χ1) is 7.65. The summed E-state index contributed by atoms with van der Waals surface area (Å²) in [7, 11) is 0. The number of nitrogens with zero attached hydrogens (tertiary/aromatic N) is 2. The zero-order chi connectivity index (χ0) is 11.5. The van der Waals surface area contributed by atoms with Gasteiger partial charge in [0.25, 0.3) is 0 Å². The van der Waals surface area contributed by atoms with E-state index in [1.54, 1.807) is 11.8 Å². The molecule has 0 bridgehead atoms. The van der Waals surface area contributed by atoms with E-state index >= 15 is 0 Å². The molecule has 0 atom stereocenters. The lowest BCUT2D eigenvalue weighted by molar-refractivity contribution is 0.938. The lowest BCUT2D eigenvalue weighted by Gasteiger charge is -2.05. The minimum atomic E-state index is 0.778. The largest absolute Gasteiger partial charge is 0.399 e. The van der Waals surface area contributed by atoms with Gasteiger partial charge in [0.05, 0.1) is 0 Å². The number of rotatable bonds is 2. The van der Waals surface area contributed by atoms with E-state index < -0.39 is 0 Å². The van der Waals surface area contributed by atoms with Crippen LogP contribution in [0.5, 0.6) is 0 Å². The number of hydrogen-bond donors (Lipinski definition) is 1. The van der Waals surface area contributed by atoms with Crippen LogP contribution in [0.25, 0.3) is 0 Å². The quantitative estimate of drug-likeness (QED) is 0.638. The molecule has 1 aromatic heterocycles. The normalized spacial score (nSPS) is 10.4. The van der Waals surface area contributed by atoms with E-state index in [2.05, 4.69) is 9.97 Å². The van der Waals surface area contributed by atoms with Crippen LogP contribution in [0.3, 0.4) is 0 Å². The van der Waals surface area contributed by atoms with Crippen LogP contribution in [0.15, 0.2) is 40.4 Å². The average Bonchev–Trinajstić information content (AvgIpc) is 2.27. The lowest BCUT2D eigenvalue weighted by atomic mass is 10.3. The fourth-order valence-corrected chi connectivity index (χ4v) is 2.15. The minimum Gasteiger partial charge on any atom is -0.399 e. The molecule has 0 aliphatic heterocycles. The Hall–Kier alpha value is -1.55. The summed E-state index contributed by atoms with van der Waals surface area (Å²) in [5.41, 5.74) is 7.51. The highest BCUT2D eigenvalue weighted by molar-refractivity contribution is 7.99. The van der Waals surface area contributed by atoms with Gasteiger partial charge in [0.1, 0.15) is 10.9 Å². The highest BCUT2D eigenvalue weighted by Gasteiger charge is 2.03. The molecule has 0 aliphatic rings. The molecular weight excluding hydrogens is 218 g/mol. The van der Waals surface area contributed by atoms with Gasteiger partial charge in [0.2, 0.25) is 0 Å². The molecule has 0 saturated carbocycles. The van der Waals surface area contributed by atoms with E-state index in [0.29, 0.717) is 0 Å². The summed E-state index contributed by atoms with van der Waals surface area (Å²) in [5, 5.41) is 0.997. The number of nitrogen functional groups attached to an aromatic ring is 1. The number of hydrogen-bond acceptors (Lipinski definition) is 4. The van der Waals surface area contributed by atoms with Crippen molar-refractivity contribution in [3.8, 4) is 0 Å². The summed E-state index contributed by atoms with van der Waals surface area (Å²) < 4.78 is 0. The van der Waals surface area contributed by atoms with Gasteiger partial charge in [-0.1, -0.05) is 11.8 Å². The SMILES string of the molecule is Cc1ncc(C)c(Sc2ccc(N)cc2)n1. The van der Waals surface area contributed by atoms with E-state index in [4.69, 9.17) is 5.73 Å². The standard InChI is InChI=1S/C12H13N3S/c1-8-7-14-9(2)15-12(8)16-11-5-3-10(13)4-6-11/h3-7H,13H2,1-2H3. The van der Waals surface area contributed by atoms with Crippen molar-refractivity contribution in [3.63, 3.8) is 0 Å². The smallest absolute Gasteiger partial charge is 0.126 e. The van der Waals surface area contributed by atoms with Crippen molar-refractivity contribution in [3.05, 3.63) is 41.9 Å². The molecule has 0 aliphatic carbocycles. The van der Waals surface area contributed by atoms with Gasteiger partial charge in [-0.3, -0.25) is 0 Å². The second-order valence-electron chi connectivity index (χ2n) is 3.58. The Morgan fingerprint density at radius 3 is 2.50 bits per heavy atom. The van der Waals surface area contributed by atoms with E-state index in [-0.39, 0.29) is 0 Å². The Morgan fingerprint density at radius 2 is 1.81 bits per heavy atom. The van der Waals surface area contributed by atoms with Crippen molar-refractivity contribution in [1.29, 1.82) is 0 Å². The zero-order valence-electron chi connectivity index (χ0n) is 9.27. The Kier molecular flexibility index (Phi) is 3.10. The highest BCUT2D eigenvalue weighted by atomic mass is 32.2. The second-order valence-corrected chi connectivity index (χ2v) is 4.64. The molecule has 2 rings (SSSR count). The summed E-state index contributed by atoms with van der Waals surface area (Å²) in [6.45, 7) is 3.91. The fraction of sp³-hybridized carbons (Fsp3) is 0.167. The molecule has 82 valence electrons. The average molecular weight is 231 g/mol. The summed E-state index contributed by atoms with van der Waals surface area (Å²) in [6.07, 6.45) is 1.85. The maximum absolute atomic E-state index is 5.64. The number of anilines is 1. The van der Waals surface area contributed by atoms with Gasteiger partial charge in [-0.25, -0.2) is 9.97 Å². The van der Waals surface area contributed by atoms with Crippen LogP contribution >= 0.6 is 11.8 Å². The first-order valence-corrected chi connectivity index (χ1v) is 5.80. The topological polar surface area (TPSA) is 51.8 Å². The Labute approximate surface area is 99.1 Å². The molecule has 0 fully saturated rings. The molecule has 0 radical (unpaired) electrons. The van der Waals surface area contributed by atoms with Crippen molar-refractivity contribution in [2.75, 3.05) is 5.73 Å². The number of aromatic nitrogens is 2. The van der Waals surface area contributed by atoms with Crippen LogP contribution in [0.2, 0.25) is 0 Å². The van der Waals surface area contributed by atoms with Gasteiger partial charge in [-0.2, -0.15) is 0 Å². The van der Waals surface area contributed by atoms with Crippen LogP contribution in [0.1, 0.15) is 11.4 Å². The van der Waals surface area contributed by atoms with Crippen molar-refractivity contribution >= 4 is 17.4 Å². The maximum atomic E-state index is 5.64. The van der Waals surface area contributed by atoms with E-state index in [9.17, 15) is 0 Å². The lowest BCUT2D eigenvalue weighted by Crippen LogP contribution is -1.92. The molecule has 0 saturated heterocycles. The molecule has 4 heteroatoms. The van der Waals surface area contributed by atoms with Crippen LogP contribution in [0, 0.1) is 13.8 Å². The molecule has 16 heavy (non-hydrogen) atoms. The van der Waals surface area contributed by atoms with Crippen molar-refractivity contribution < 1.29 is 0 Å². The molecule has 2 N–H and O–H groups in total. The summed E-state index contributed by atoms with van der Waals surface area (Å²) in [4.78, 5) is 9.70. The zero-order valence-corrected chi connectivity index (χ0v) is 10.1. The fourth-order valence-electron chi connectivity index (χ4n) is 1.26. The maximum Gasteiger partial charge on any atom is 0.126 e. The van der Waals surface area contributed by atoms with Crippen LogP contribution in [0.4, 0.5) is 5.69 Å². The Morgan fingerprint density at radius 1 is 1.12 bits per heavy atom. The molecule has 0 amide bonds. The van der Waals surface area contributed by atoms with Gasteiger partial charge in [0, 0.05) is 16.8 Å². The van der Waals surface area contributed by atoms with Gasteiger partial charge in [-0.15, -0.1) is 0 Å². The van der Waals surface area contributed by atoms with Gasteiger partial charge in [-0.05, 0) is 43.7 Å².